The maximum absolute atomic E-state index is 4.26. The molecule has 0 fully saturated rings. The maximum Gasteiger partial charge on any atom is 0.113 e. The molecule has 1 aliphatic heterocycles. The van der Waals surface area contributed by atoms with Gasteiger partial charge in [-0.1, -0.05) is 19.9 Å². The highest BCUT2D eigenvalue weighted by Gasteiger charge is 2.20. The normalized spacial score (nSPS) is 19.8. The zero-order valence-corrected chi connectivity index (χ0v) is 6.91. The van der Waals surface area contributed by atoms with Gasteiger partial charge in [-0.15, -0.1) is 0 Å². The Hall–Kier alpha value is -1.05. The average Bonchev–Trinajstić information content (AvgIpc) is 2.31. The Kier molecular flexibility index (Phi) is 1.19. The maximum atomic E-state index is 4.26. The van der Waals surface area contributed by atoms with E-state index in [1.165, 1.54) is 0 Å². The van der Waals surface area contributed by atoms with Crippen LogP contribution >= 0.6 is 0 Å². The summed E-state index contributed by atoms with van der Waals surface area (Å²) in [6, 6.07) is 0. The number of nitrogens with zero attached hydrogens (tertiary/aromatic N) is 2. The van der Waals surface area contributed by atoms with Crippen LogP contribution in [0.15, 0.2) is 18.5 Å². The fraction of sp³-hybridized carbons (Fsp3) is 0.444. The molecular formula is C9H12N2. The van der Waals surface area contributed by atoms with E-state index >= 15 is 0 Å². The van der Waals surface area contributed by atoms with Crippen LogP contribution in [0.3, 0.4) is 0 Å². The van der Waals surface area contributed by atoms with Crippen molar-refractivity contribution in [3.05, 3.63) is 24.3 Å². The monoisotopic (exact) mass is 148 g/mol. The summed E-state index contributed by atoms with van der Waals surface area (Å²) in [6.07, 6.45) is 9.19. The van der Waals surface area contributed by atoms with E-state index in [1.54, 1.807) is 0 Å². The van der Waals surface area contributed by atoms with Crippen molar-refractivity contribution in [2.24, 2.45) is 5.41 Å². The second-order valence-corrected chi connectivity index (χ2v) is 3.73. The summed E-state index contributed by atoms with van der Waals surface area (Å²) in [5.74, 6) is 1.16. The Bertz CT molecular complexity index is 294. The second-order valence-electron chi connectivity index (χ2n) is 3.73. The quantitative estimate of drug-likeness (QED) is 0.549. The van der Waals surface area contributed by atoms with Gasteiger partial charge in [0.1, 0.15) is 5.82 Å². The molecule has 0 N–H and O–H groups in total. The van der Waals surface area contributed by atoms with Gasteiger partial charge in [0, 0.05) is 25.0 Å². The molecule has 0 radical (unpaired) electrons. The van der Waals surface area contributed by atoms with Gasteiger partial charge in [0.05, 0.1) is 0 Å². The fourth-order valence-electron chi connectivity index (χ4n) is 1.37. The van der Waals surface area contributed by atoms with Gasteiger partial charge in [-0.3, -0.25) is 0 Å². The Balaban J connectivity index is 2.44. The third-order valence-electron chi connectivity index (χ3n) is 2.05. The van der Waals surface area contributed by atoms with E-state index < -0.39 is 0 Å². The fourth-order valence-corrected chi connectivity index (χ4v) is 1.37. The van der Waals surface area contributed by atoms with Gasteiger partial charge in [-0.2, -0.15) is 0 Å². The first-order valence-electron chi connectivity index (χ1n) is 3.88. The number of hydrogen-bond acceptors (Lipinski definition) is 1. The van der Waals surface area contributed by atoms with Gasteiger partial charge in [0.25, 0.3) is 0 Å². The van der Waals surface area contributed by atoms with Crippen molar-refractivity contribution in [2.45, 2.75) is 20.3 Å². The molecule has 0 bridgehead atoms. The topological polar surface area (TPSA) is 17.8 Å². The molecule has 2 heterocycles. The van der Waals surface area contributed by atoms with Crippen LogP contribution in [0.5, 0.6) is 0 Å². The molecule has 0 atom stereocenters. The van der Waals surface area contributed by atoms with Crippen molar-refractivity contribution in [2.75, 3.05) is 0 Å². The number of imidazole rings is 1. The summed E-state index contributed by atoms with van der Waals surface area (Å²) >= 11 is 0. The van der Waals surface area contributed by atoms with E-state index in [1.807, 2.05) is 12.4 Å². The first-order valence-corrected chi connectivity index (χ1v) is 3.88. The minimum atomic E-state index is 0.279. The molecule has 0 spiro atoms. The first kappa shape index (κ1) is 6.65. The summed E-state index contributed by atoms with van der Waals surface area (Å²) in [5.41, 5.74) is 0.279. The largest absolute Gasteiger partial charge is 0.311 e. The van der Waals surface area contributed by atoms with Gasteiger partial charge < -0.3 is 4.57 Å². The van der Waals surface area contributed by atoms with Crippen molar-refractivity contribution in [1.82, 2.24) is 9.55 Å². The summed E-state index contributed by atoms with van der Waals surface area (Å²) in [7, 11) is 0. The van der Waals surface area contributed by atoms with Gasteiger partial charge in [0.15, 0.2) is 0 Å². The first-order chi connectivity index (χ1) is 5.17. The van der Waals surface area contributed by atoms with Gasteiger partial charge in [-0.25, -0.2) is 4.98 Å². The molecule has 0 aromatic carbocycles. The van der Waals surface area contributed by atoms with Gasteiger partial charge >= 0.3 is 0 Å². The van der Waals surface area contributed by atoms with E-state index in [9.17, 15) is 0 Å². The van der Waals surface area contributed by atoms with Crippen LogP contribution in [0.4, 0.5) is 0 Å². The molecule has 2 heteroatoms. The second kappa shape index (κ2) is 1.97. The molecule has 0 aliphatic carbocycles. The lowest BCUT2D eigenvalue weighted by Gasteiger charge is -2.23. The number of hydrogen-bond donors (Lipinski definition) is 0. The third kappa shape index (κ3) is 1.09. The van der Waals surface area contributed by atoms with Crippen molar-refractivity contribution < 1.29 is 0 Å². The highest BCUT2D eigenvalue weighted by molar-refractivity contribution is 5.32. The Labute approximate surface area is 66.6 Å². The van der Waals surface area contributed by atoms with Crippen LogP contribution in [-0.2, 0) is 6.42 Å². The number of fused-ring (bicyclic) bond motifs is 1. The smallest absolute Gasteiger partial charge is 0.113 e. The molecule has 58 valence electrons. The van der Waals surface area contributed by atoms with E-state index in [-0.39, 0.29) is 5.41 Å². The molecule has 0 saturated carbocycles. The van der Waals surface area contributed by atoms with Crippen molar-refractivity contribution in [1.29, 1.82) is 0 Å². The van der Waals surface area contributed by atoms with Crippen LogP contribution in [-0.4, -0.2) is 9.55 Å². The van der Waals surface area contributed by atoms with E-state index in [2.05, 4.69) is 35.7 Å². The molecule has 11 heavy (non-hydrogen) atoms. The molecular weight excluding hydrogens is 136 g/mol. The van der Waals surface area contributed by atoms with Crippen molar-refractivity contribution >= 4 is 6.20 Å². The number of aromatic nitrogens is 2. The van der Waals surface area contributed by atoms with E-state index in [4.69, 9.17) is 0 Å². The van der Waals surface area contributed by atoms with Crippen LogP contribution < -0.4 is 0 Å². The lowest BCUT2D eigenvalue weighted by Crippen LogP contribution is -2.18. The minimum absolute atomic E-state index is 0.279. The zero-order valence-electron chi connectivity index (χ0n) is 6.91. The SMILES string of the molecule is CC1(C)C=Cn2ccnc2C1. The number of allylic oxidation sites excluding steroid dienone is 1. The van der Waals surface area contributed by atoms with Crippen LogP contribution in [0.2, 0.25) is 0 Å². The van der Waals surface area contributed by atoms with E-state index in [0.29, 0.717) is 0 Å². The van der Waals surface area contributed by atoms with Crippen LogP contribution in [0.25, 0.3) is 6.20 Å². The molecule has 0 amide bonds. The molecule has 2 rings (SSSR count). The third-order valence-corrected chi connectivity index (χ3v) is 2.05. The molecule has 1 aromatic rings. The Morgan fingerprint density at radius 1 is 1.55 bits per heavy atom. The molecule has 0 unspecified atom stereocenters. The average molecular weight is 148 g/mol. The summed E-state index contributed by atoms with van der Waals surface area (Å²) in [5, 5.41) is 0. The summed E-state index contributed by atoms with van der Waals surface area (Å²) in [6.45, 7) is 4.45. The number of rotatable bonds is 0. The lowest BCUT2D eigenvalue weighted by atomic mass is 9.87. The minimum Gasteiger partial charge on any atom is -0.311 e. The van der Waals surface area contributed by atoms with Crippen LogP contribution in [0, 0.1) is 5.41 Å². The van der Waals surface area contributed by atoms with Gasteiger partial charge in [0.2, 0.25) is 0 Å². The van der Waals surface area contributed by atoms with Crippen LogP contribution in [0.1, 0.15) is 19.7 Å². The predicted octanol–water partition coefficient (Wildman–Crippen LogP) is 1.94. The zero-order chi connectivity index (χ0) is 7.90. The Morgan fingerprint density at radius 3 is 3.18 bits per heavy atom. The molecule has 1 aliphatic rings. The Morgan fingerprint density at radius 2 is 2.36 bits per heavy atom. The molecule has 1 aromatic heterocycles. The predicted molar refractivity (Wildman–Crippen MR) is 45.0 cm³/mol. The summed E-state index contributed by atoms with van der Waals surface area (Å²) in [4.78, 5) is 4.26. The lowest BCUT2D eigenvalue weighted by molar-refractivity contribution is 0.452. The highest BCUT2D eigenvalue weighted by atomic mass is 15.0. The van der Waals surface area contributed by atoms with E-state index in [0.717, 1.165) is 12.2 Å². The standard InChI is InChI=1S/C9H12N2/c1-9(2)3-5-11-6-4-10-8(11)7-9/h3-6H,7H2,1-2H3. The highest BCUT2D eigenvalue weighted by Crippen LogP contribution is 2.26. The molecule has 2 nitrogen and oxygen atoms in total. The van der Waals surface area contributed by atoms with Crippen molar-refractivity contribution in [3.8, 4) is 0 Å². The van der Waals surface area contributed by atoms with Gasteiger partial charge in [-0.05, 0) is 5.41 Å². The van der Waals surface area contributed by atoms with Crippen molar-refractivity contribution in [3.63, 3.8) is 0 Å². The molecule has 0 saturated heterocycles. The summed E-state index contributed by atoms with van der Waals surface area (Å²) < 4.78 is 2.07.